The highest BCUT2D eigenvalue weighted by Crippen LogP contribution is 2.27. The molecule has 3 aromatic rings. The first-order valence-electron chi connectivity index (χ1n) is 11.4. The monoisotopic (exact) mass is 478 g/mol. The van der Waals surface area contributed by atoms with Gasteiger partial charge >= 0.3 is 0 Å². The minimum absolute atomic E-state index is 0.0156. The standard InChI is InChI=1S/C24H26N6O3S/c25-12-16-4-1-2-5-17(16)13-30-23(32)21-20(27-24(30)29-7-3-6-18(26)14-29)19(15-34-21)22(31)28-8-10-33-11-9-28/h1-2,4-5,15,18H,3,6-11,13-14,26H2/t18-/m1/s1. The number of nitrogens with zero attached hydrogens (tertiary/aromatic N) is 5. The lowest BCUT2D eigenvalue weighted by molar-refractivity contribution is 0.0304. The minimum Gasteiger partial charge on any atom is -0.378 e. The number of nitriles is 1. The Morgan fingerprint density at radius 1 is 1.26 bits per heavy atom. The second-order valence-electron chi connectivity index (χ2n) is 8.65. The number of aromatic nitrogens is 2. The molecule has 2 saturated heterocycles. The van der Waals surface area contributed by atoms with Gasteiger partial charge in [0.1, 0.15) is 10.2 Å². The highest BCUT2D eigenvalue weighted by Gasteiger charge is 2.27. The number of amides is 1. The Kier molecular flexibility index (Phi) is 6.32. The van der Waals surface area contributed by atoms with Crippen molar-refractivity contribution in [3.8, 4) is 6.07 Å². The Labute approximate surface area is 201 Å². The predicted octanol–water partition coefficient (Wildman–Crippen LogP) is 1.78. The molecule has 1 amide bonds. The van der Waals surface area contributed by atoms with E-state index in [4.69, 9.17) is 15.5 Å². The van der Waals surface area contributed by atoms with E-state index in [0.717, 1.165) is 24.9 Å². The second-order valence-corrected chi connectivity index (χ2v) is 9.53. The molecule has 1 aromatic carbocycles. The Morgan fingerprint density at radius 2 is 2.06 bits per heavy atom. The van der Waals surface area contributed by atoms with E-state index >= 15 is 0 Å². The number of ether oxygens (including phenoxy) is 1. The van der Waals surface area contributed by atoms with Crippen molar-refractivity contribution >= 4 is 33.4 Å². The smallest absolute Gasteiger partial charge is 0.273 e. The molecular weight excluding hydrogens is 452 g/mol. The van der Waals surface area contributed by atoms with Crippen molar-refractivity contribution in [2.75, 3.05) is 44.3 Å². The number of hydrogen-bond acceptors (Lipinski definition) is 8. The molecule has 2 aromatic heterocycles. The zero-order valence-electron chi connectivity index (χ0n) is 18.8. The topological polar surface area (TPSA) is 117 Å². The molecule has 1 atom stereocenters. The summed E-state index contributed by atoms with van der Waals surface area (Å²) < 4.78 is 7.43. The summed E-state index contributed by atoms with van der Waals surface area (Å²) in [5.41, 5.74) is 8.19. The Hall–Kier alpha value is -3.26. The van der Waals surface area contributed by atoms with Gasteiger partial charge in [0.25, 0.3) is 11.5 Å². The van der Waals surface area contributed by atoms with Crippen molar-refractivity contribution in [3.63, 3.8) is 0 Å². The number of hydrogen-bond donors (Lipinski definition) is 1. The molecule has 2 aliphatic heterocycles. The third-order valence-corrected chi connectivity index (χ3v) is 7.35. The number of thiophene rings is 1. The van der Waals surface area contributed by atoms with Gasteiger partial charge in [-0.05, 0) is 24.5 Å². The van der Waals surface area contributed by atoms with Crippen LogP contribution in [-0.4, -0.2) is 65.8 Å². The highest BCUT2D eigenvalue weighted by molar-refractivity contribution is 7.17. The van der Waals surface area contributed by atoms with Gasteiger partial charge in [-0.2, -0.15) is 5.26 Å². The maximum Gasteiger partial charge on any atom is 0.273 e. The fraction of sp³-hybridized carbons (Fsp3) is 0.417. The van der Waals surface area contributed by atoms with E-state index in [0.29, 0.717) is 60.1 Å². The maximum atomic E-state index is 13.7. The van der Waals surface area contributed by atoms with Crippen molar-refractivity contribution in [2.24, 2.45) is 5.73 Å². The van der Waals surface area contributed by atoms with E-state index in [1.165, 1.54) is 11.3 Å². The number of carbonyl (C=O) groups excluding carboxylic acids is 1. The molecule has 5 rings (SSSR count). The Morgan fingerprint density at radius 3 is 2.82 bits per heavy atom. The molecule has 0 unspecified atom stereocenters. The van der Waals surface area contributed by atoms with Crippen molar-refractivity contribution in [3.05, 3.63) is 56.7 Å². The number of benzene rings is 1. The van der Waals surface area contributed by atoms with E-state index < -0.39 is 0 Å². The number of carbonyl (C=O) groups is 1. The molecule has 2 fully saturated rings. The minimum atomic E-state index is -0.210. The zero-order chi connectivity index (χ0) is 23.7. The van der Waals surface area contributed by atoms with Gasteiger partial charge in [0.15, 0.2) is 0 Å². The molecule has 4 heterocycles. The number of morpholine rings is 1. The lowest BCUT2D eigenvalue weighted by Crippen LogP contribution is -2.45. The summed E-state index contributed by atoms with van der Waals surface area (Å²) in [5, 5.41) is 11.3. The van der Waals surface area contributed by atoms with E-state index in [1.807, 2.05) is 17.0 Å². The quantitative estimate of drug-likeness (QED) is 0.607. The van der Waals surface area contributed by atoms with Crippen molar-refractivity contribution in [1.29, 1.82) is 5.26 Å². The molecule has 2 N–H and O–H groups in total. The van der Waals surface area contributed by atoms with Gasteiger partial charge in [0, 0.05) is 37.6 Å². The number of piperidine rings is 1. The van der Waals surface area contributed by atoms with Crippen molar-refractivity contribution in [2.45, 2.75) is 25.4 Å². The first-order valence-corrected chi connectivity index (χ1v) is 12.3. The summed E-state index contributed by atoms with van der Waals surface area (Å²) in [4.78, 5) is 35.7. The van der Waals surface area contributed by atoms with Crippen LogP contribution in [0.25, 0.3) is 10.2 Å². The van der Waals surface area contributed by atoms with Crippen LogP contribution in [0.5, 0.6) is 0 Å². The maximum absolute atomic E-state index is 13.7. The number of nitrogens with two attached hydrogens (primary N) is 1. The first kappa shape index (κ1) is 22.5. The van der Waals surface area contributed by atoms with Crippen LogP contribution in [0, 0.1) is 11.3 Å². The highest BCUT2D eigenvalue weighted by atomic mass is 32.1. The van der Waals surface area contributed by atoms with E-state index in [9.17, 15) is 14.9 Å². The molecule has 0 bridgehead atoms. The van der Waals surface area contributed by atoms with Crippen LogP contribution in [0.4, 0.5) is 5.95 Å². The van der Waals surface area contributed by atoms with Crippen molar-refractivity contribution in [1.82, 2.24) is 14.5 Å². The first-order chi connectivity index (χ1) is 16.6. The van der Waals surface area contributed by atoms with Crippen LogP contribution in [-0.2, 0) is 11.3 Å². The van der Waals surface area contributed by atoms with E-state index in [-0.39, 0.29) is 24.1 Å². The van der Waals surface area contributed by atoms with Gasteiger partial charge in [-0.1, -0.05) is 18.2 Å². The normalized spacial score (nSPS) is 18.8. The van der Waals surface area contributed by atoms with Gasteiger partial charge in [-0.25, -0.2) is 4.98 Å². The van der Waals surface area contributed by atoms with Crippen LogP contribution < -0.4 is 16.2 Å². The molecule has 176 valence electrons. The van der Waals surface area contributed by atoms with Gasteiger partial charge in [-0.3, -0.25) is 14.2 Å². The van der Waals surface area contributed by atoms with Crippen LogP contribution in [0.2, 0.25) is 0 Å². The summed E-state index contributed by atoms with van der Waals surface area (Å²) in [6.07, 6.45) is 1.81. The largest absolute Gasteiger partial charge is 0.378 e. The van der Waals surface area contributed by atoms with E-state index in [2.05, 4.69) is 6.07 Å². The summed E-state index contributed by atoms with van der Waals surface area (Å²) in [5.74, 6) is 0.366. The molecule has 0 spiro atoms. The van der Waals surface area contributed by atoms with Crippen LogP contribution in [0.3, 0.4) is 0 Å². The average Bonchev–Trinajstić information content (AvgIpc) is 3.30. The Balaban J connectivity index is 1.64. The Bertz CT molecular complexity index is 1320. The molecule has 0 radical (unpaired) electrons. The second kappa shape index (κ2) is 9.54. The van der Waals surface area contributed by atoms with Gasteiger partial charge in [0.05, 0.1) is 37.0 Å². The SMILES string of the molecule is N#Cc1ccccc1Cn1c(N2CCC[C@@H](N)C2)nc2c(C(=O)N3CCOCC3)csc2c1=O. The third kappa shape index (κ3) is 4.18. The fourth-order valence-corrected chi connectivity index (χ4v) is 5.52. The summed E-state index contributed by atoms with van der Waals surface area (Å²) in [7, 11) is 0. The molecule has 0 aliphatic carbocycles. The molecule has 10 heteroatoms. The summed E-state index contributed by atoms with van der Waals surface area (Å²) >= 11 is 1.24. The molecule has 0 saturated carbocycles. The lowest BCUT2D eigenvalue weighted by atomic mass is 10.1. The molecule has 9 nitrogen and oxygen atoms in total. The summed E-state index contributed by atoms with van der Waals surface area (Å²) in [6.45, 7) is 3.57. The molecular formula is C24H26N6O3S. The third-order valence-electron chi connectivity index (χ3n) is 6.39. The lowest BCUT2D eigenvalue weighted by Gasteiger charge is -2.33. The van der Waals surface area contributed by atoms with Gasteiger partial charge in [0.2, 0.25) is 5.95 Å². The predicted molar refractivity (Wildman–Crippen MR) is 130 cm³/mol. The number of rotatable bonds is 4. The fourth-order valence-electron chi connectivity index (χ4n) is 4.59. The van der Waals surface area contributed by atoms with Gasteiger partial charge in [-0.15, -0.1) is 11.3 Å². The van der Waals surface area contributed by atoms with Crippen molar-refractivity contribution < 1.29 is 9.53 Å². The van der Waals surface area contributed by atoms with Crippen LogP contribution >= 0.6 is 11.3 Å². The number of fused-ring (bicyclic) bond motifs is 1. The van der Waals surface area contributed by atoms with Crippen LogP contribution in [0.1, 0.15) is 34.3 Å². The van der Waals surface area contributed by atoms with E-state index in [1.54, 1.807) is 27.0 Å². The zero-order valence-corrected chi connectivity index (χ0v) is 19.6. The summed E-state index contributed by atoms with van der Waals surface area (Å²) in [6, 6.07) is 9.44. The van der Waals surface area contributed by atoms with Crippen LogP contribution in [0.15, 0.2) is 34.4 Å². The average molecular weight is 479 g/mol. The molecule has 34 heavy (non-hydrogen) atoms. The number of anilines is 1. The molecule has 2 aliphatic rings. The van der Waals surface area contributed by atoms with Gasteiger partial charge < -0.3 is 20.3 Å².